The van der Waals surface area contributed by atoms with Crippen molar-refractivity contribution < 1.29 is 27.8 Å². The van der Waals surface area contributed by atoms with Gasteiger partial charge in [0.2, 0.25) is 5.95 Å². The van der Waals surface area contributed by atoms with Crippen LogP contribution in [-0.4, -0.2) is 74.8 Å². The molecule has 2 aromatic heterocycles. The average molecular weight is 563 g/mol. The molecule has 2 aliphatic carbocycles. The van der Waals surface area contributed by atoms with Gasteiger partial charge in [-0.15, -0.1) is 0 Å². The minimum absolute atomic E-state index is 0.000442. The summed E-state index contributed by atoms with van der Waals surface area (Å²) in [5, 5.41) is 9.01. The van der Waals surface area contributed by atoms with Crippen molar-refractivity contribution in [3.05, 3.63) is 66.0 Å². The number of carbonyl (C=O) groups is 1. The van der Waals surface area contributed by atoms with Crippen LogP contribution in [0.4, 0.5) is 19.1 Å². The molecular weight excluding hydrogens is 537 g/mol. The lowest BCUT2D eigenvalue weighted by molar-refractivity contribution is -0.138. The Morgan fingerprint density at radius 2 is 1.85 bits per heavy atom. The molecule has 0 spiro atoms. The van der Waals surface area contributed by atoms with Gasteiger partial charge in [-0.1, -0.05) is 25.1 Å². The predicted octanol–water partition coefficient (Wildman–Crippen LogP) is 3.93. The molecule has 1 N–H and O–H groups in total. The zero-order chi connectivity index (χ0) is 28.3. The first kappa shape index (κ1) is 24.6. The number of piperazine rings is 1. The first-order chi connectivity index (χ1) is 19.7. The molecule has 2 saturated carbocycles. The first-order valence-corrected chi connectivity index (χ1v) is 13.5. The standard InChI is InChI=1S/C29H25F3N6O3/c1-28-23-24(28)29(28,17-4-2-3-5-21(17)41-26(31)32)38-20-10-16(18(30)11-19(20)35-25(23)38)15-12-33-27(34-13-15)37-8-6-36(7-9-37)14-22(39)40/h2-5,10-13,23-24,26H,6-9,14H2,1H3,(H,39,40)/t23-,24-,28+,29-/m0/s1. The van der Waals surface area contributed by atoms with Gasteiger partial charge < -0.3 is 19.3 Å². The molecule has 4 aromatic rings. The van der Waals surface area contributed by atoms with Crippen LogP contribution < -0.4 is 9.64 Å². The molecule has 9 rings (SSSR count). The number of ether oxygens (including phenoxy) is 1. The summed E-state index contributed by atoms with van der Waals surface area (Å²) >= 11 is 0. The van der Waals surface area contributed by atoms with Crippen LogP contribution in [0, 0.1) is 17.2 Å². The Morgan fingerprint density at radius 1 is 1.15 bits per heavy atom. The molecule has 210 valence electrons. The number of hydrogen-bond donors (Lipinski definition) is 1. The highest BCUT2D eigenvalue weighted by molar-refractivity contribution is 5.87. The maximum absolute atomic E-state index is 15.4. The Morgan fingerprint density at radius 3 is 2.54 bits per heavy atom. The molecule has 2 bridgehead atoms. The van der Waals surface area contributed by atoms with Crippen LogP contribution in [0.25, 0.3) is 22.2 Å². The molecule has 5 heterocycles. The van der Waals surface area contributed by atoms with Gasteiger partial charge in [0.1, 0.15) is 17.4 Å². The van der Waals surface area contributed by atoms with Crippen LogP contribution in [0.15, 0.2) is 48.8 Å². The van der Waals surface area contributed by atoms with Crippen LogP contribution in [0.2, 0.25) is 0 Å². The average Bonchev–Trinajstić information content (AvgIpc) is 3.52. The number of rotatable bonds is 7. The summed E-state index contributed by atoms with van der Waals surface area (Å²) in [7, 11) is 0. The second-order valence-electron chi connectivity index (χ2n) is 11.4. The van der Waals surface area contributed by atoms with Crippen LogP contribution in [0.5, 0.6) is 5.75 Å². The van der Waals surface area contributed by atoms with Gasteiger partial charge in [0, 0.05) is 78.6 Å². The molecule has 4 atom stereocenters. The van der Waals surface area contributed by atoms with E-state index in [1.165, 1.54) is 6.07 Å². The maximum Gasteiger partial charge on any atom is 0.387 e. The number of fused-ring (bicyclic) bond motifs is 1. The largest absolute Gasteiger partial charge is 0.480 e. The molecule has 9 nitrogen and oxygen atoms in total. The number of imidazole rings is 1. The minimum atomic E-state index is -2.94. The number of benzene rings is 2. The molecule has 2 aromatic carbocycles. The van der Waals surface area contributed by atoms with E-state index in [2.05, 4.69) is 21.5 Å². The molecule has 41 heavy (non-hydrogen) atoms. The maximum atomic E-state index is 15.4. The van der Waals surface area contributed by atoms with Crippen molar-refractivity contribution in [3.8, 4) is 16.9 Å². The van der Waals surface area contributed by atoms with Crippen LogP contribution in [-0.2, 0) is 10.3 Å². The molecule has 1 saturated heterocycles. The van der Waals surface area contributed by atoms with Gasteiger partial charge in [0.05, 0.1) is 23.1 Å². The summed E-state index contributed by atoms with van der Waals surface area (Å²) in [6.45, 7) is 1.57. The van der Waals surface area contributed by atoms with Gasteiger partial charge in [-0.2, -0.15) is 8.78 Å². The zero-order valence-electron chi connectivity index (χ0n) is 22.0. The third-order valence-electron chi connectivity index (χ3n) is 9.58. The second-order valence-corrected chi connectivity index (χ2v) is 11.4. The van der Waals surface area contributed by atoms with Crippen molar-refractivity contribution in [3.63, 3.8) is 0 Å². The number of alkyl halides is 2. The first-order valence-electron chi connectivity index (χ1n) is 13.5. The SMILES string of the molecule is C[C@]12[C@@H]3c4nc5cc(F)c(-c6cnc(N7CCN(CC(=O)O)CC7)nc6)cc5n4[C@@]1(c1ccccc1OC(F)F)[C@@H]32. The van der Waals surface area contributed by atoms with E-state index in [9.17, 15) is 13.6 Å². The van der Waals surface area contributed by atoms with Crippen molar-refractivity contribution >= 4 is 23.0 Å². The third kappa shape index (κ3) is 3.16. The summed E-state index contributed by atoms with van der Waals surface area (Å²) in [6.07, 6.45) is 3.18. The fourth-order valence-corrected chi connectivity index (χ4v) is 7.75. The topological polar surface area (TPSA) is 96.6 Å². The number of anilines is 1. The summed E-state index contributed by atoms with van der Waals surface area (Å²) in [4.78, 5) is 28.6. The van der Waals surface area contributed by atoms with E-state index in [1.807, 2.05) is 21.9 Å². The Hall–Kier alpha value is -4.19. The van der Waals surface area contributed by atoms with Crippen LogP contribution in [0.3, 0.4) is 0 Å². The minimum Gasteiger partial charge on any atom is -0.480 e. The summed E-state index contributed by atoms with van der Waals surface area (Å²) in [5.74, 6) is 0.629. The number of aromatic nitrogens is 4. The van der Waals surface area contributed by atoms with Gasteiger partial charge in [-0.3, -0.25) is 9.69 Å². The van der Waals surface area contributed by atoms with Gasteiger partial charge in [0.15, 0.2) is 0 Å². The molecule has 3 aliphatic heterocycles. The summed E-state index contributed by atoms with van der Waals surface area (Å²) < 4.78 is 49.0. The van der Waals surface area contributed by atoms with Crippen LogP contribution >= 0.6 is 0 Å². The number of carboxylic acid groups (broad SMARTS) is 1. The van der Waals surface area contributed by atoms with Gasteiger partial charge in [0.25, 0.3) is 0 Å². The van der Waals surface area contributed by atoms with Crippen LogP contribution in [0.1, 0.15) is 24.2 Å². The fourth-order valence-electron chi connectivity index (χ4n) is 7.75. The smallest absolute Gasteiger partial charge is 0.387 e. The highest BCUT2D eigenvalue weighted by Gasteiger charge is 3.00. The fraction of sp³-hybridized carbons (Fsp3) is 0.379. The number of carboxylic acids is 1. The van der Waals surface area contributed by atoms with E-state index < -0.39 is 23.9 Å². The molecule has 5 aliphatic rings. The number of hydrogen-bond acceptors (Lipinski definition) is 7. The lowest BCUT2D eigenvalue weighted by Crippen LogP contribution is -2.48. The monoisotopic (exact) mass is 562 g/mol. The van der Waals surface area contributed by atoms with Gasteiger partial charge >= 0.3 is 12.6 Å². The molecule has 0 radical (unpaired) electrons. The second kappa shape index (κ2) is 8.19. The van der Waals surface area contributed by atoms with Gasteiger partial charge in [-0.05, 0) is 12.1 Å². The van der Waals surface area contributed by atoms with Crippen molar-refractivity contribution in [2.75, 3.05) is 37.6 Å². The molecule has 0 unspecified atom stereocenters. The van der Waals surface area contributed by atoms with E-state index >= 15 is 4.39 Å². The summed E-state index contributed by atoms with van der Waals surface area (Å²) in [5.41, 5.74) is 2.08. The predicted molar refractivity (Wildman–Crippen MR) is 141 cm³/mol. The van der Waals surface area contributed by atoms with Crippen molar-refractivity contribution in [2.45, 2.75) is 25.0 Å². The van der Waals surface area contributed by atoms with E-state index in [0.717, 1.165) is 11.3 Å². The Bertz CT molecular complexity index is 1740. The number of halogens is 3. The number of nitrogens with zero attached hydrogens (tertiary/aromatic N) is 6. The lowest BCUT2D eigenvalue weighted by atomic mass is 9.87. The van der Waals surface area contributed by atoms with Gasteiger partial charge in [-0.25, -0.2) is 19.3 Å². The Balaban J connectivity index is 1.14. The lowest BCUT2D eigenvalue weighted by Gasteiger charge is -2.33. The number of para-hydroxylation sites is 1. The van der Waals surface area contributed by atoms with Crippen molar-refractivity contribution in [1.82, 2.24) is 24.4 Å². The zero-order valence-corrected chi connectivity index (χ0v) is 22.0. The molecule has 0 amide bonds. The molecule has 3 fully saturated rings. The number of aliphatic carboxylic acids is 1. The normalized spacial score (nSPS) is 27.7. The molecule has 12 heteroatoms. The third-order valence-corrected chi connectivity index (χ3v) is 9.58. The Kier molecular flexibility index (Phi) is 4.91. The van der Waals surface area contributed by atoms with E-state index in [0.29, 0.717) is 54.3 Å². The van der Waals surface area contributed by atoms with E-state index in [1.54, 1.807) is 30.6 Å². The highest BCUT2D eigenvalue weighted by atomic mass is 19.3. The van der Waals surface area contributed by atoms with Crippen molar-refractivity contribution in [1.29, 1.82) is 0 Å². The van der Waals surface area contributed by atoms with E-state index in [4.69, 9.17) is 14.8 Å². The quantitative estimate of drug-likeness (QED) is 0.362. The molecular formula is C29H25F3N6O3. The summed E-state index contributed by atoms with van der Waals surface area (Å²) in [6, 6.07) is 10.1. The van der Waals surface area contributed by atoms with Crippen molar-refractivity contribution in [2.24, 2.45) is 11.3 Å². The van der Waals surface area contributed by atoms with E-state index in [-0.39, 0.29) is 29.5 Å². The highest BCUT2D eigenvalue weighted by Crippen LogP contribution is 2.99. The Labute approximate surface area is 232 Å².